The summed E-state index contributed by atoms with van der Waals surface area (Å²) in [5, 5.41) is 19.9. The molecule has 2 aliphatic carbocycles. The van der Waals surface area contributed by atoms with E-state index in [4.69, 9.17) is 14.2 Å². The molecule has 2 bridgehead atoms. The molecule has 0 aromatic carbocycles. The third kappa shape index (κ3) is 7.23. The minimum Gasteiger partial charge on any atom is -0.390 e. The van der Waals surface area contributed by atoms with E-state index in [2.05, 4.69) is 33.0 Å². The van der Waals surface area contributed by atoms with Crippen LogP contribution in [0.4, 0.5) is 0 Å². The maximum absolute atomic E-state index is 13.5. The Kier molecular flexibility index (Phi) is 10.6. The number of aliphatic hydroxyl groups excluding tert-OH is 1. The second-order valence-electron chi connectivity index (χ2n) is 14.1. The second kappa shape index (κ2) is 14.4. The predicted molar refractivity (Wildman–Crippen MR) is 161 cm³/mol. The van der Waals surface area contributed by atoms with Crippen LogP contribution in [0.15, 0.2) is 0 Å². The predicted octanol–water partition coefficient (Wildman–Crippen LogP) is 1.05. The third-order valence-corrected chi connectivity index (χ3v) is 11.5. The molecule has 4 aliphatic heterocycles. The molecule has 0 radical (unpaired) electrons. The Morgan fingerprint density at radius 3 is 2.56 bits per heavy atom. The van der Waals surface area contributed by atoms with E-state index in [1.807, 2.05) is 6.92 Å². The van der Waals surface area contributed by atoms with Crippen LogP contribution in [0.5, 0.6) is 0 Å². The molecule has 11 nitrogen and oxygen atoms in total. The summed E-state index contributed by atoms with van der Waals surface area (Å²) in [6.45, 7) is 6.67. The number of hydrogen-bond acceptors (Lipinski definition) is 9. The van der Waals surface area contributed by atoms with Gasteiger partial charge in [0, 0.05) is 44.7 Å². The zero-order valence-corrected chi connectivity index (χ0v) is 26.3. The fourth-order valence-corrected chi connectivity index (χ4v) is 8.90. The fraction of sp³-hybridized carbons (Fsp3) is 0.938. The highest BCUT2D eigenvalue weighted by Crippen LogP contribution is 2.39. The lowest BCUT2D eigenvalue weighted by Gasteiger charge is -2.44. The van der Waals surface area contributed by atoms with Gasteiger partial charge in [0.1, 0.15) is 0 Å². The monoisotopic (exact) mass is 605 g/mol. The number of nitrogens with one attached hydrogen (secondary N) is 3. The Hall–Kier alpha value is -1.34. The maximum atomic E-state index is 13.5. The van der Waals surface area contributed by atoms with Crippen molar-refractivity contribution in [2.75, 3.05) is 53.1 Å². The van der Waals surface area contributed by atoms with Gasteiger partial charge in [0.15, 0.2) is 0 Å². The minimum absolute atomic E-state index is 0.0165. The van der Waals surface area contributed by atoms with Crippen LogP contribution in [0, 0.1) is 23.7 Å². The highest BCUT2D eigenvalue weighted by molar-refractivity contribution is 5.82. The largest absolute Gasteiger partial charge is 0.390 e. The number of ether oxygens (including phenoxy) is 3. The van der Waals surface area contributed by atoms with Crippen molar-refractivity contribution < 1.29 is 28.9 Å². The van der Waals surface area contributed by atoms with Gasteiger partial charge >= 0.3 is 0 Å². The van der Waals surface area contributed by atoms with Crippen LogP contribution in [0.3, 0.4) is 0 Å². The number of piperidine rings is 1. The first kappa shape index (κ1) is 31.6. The summed E-state index contributed by atoms with van der Waals surface area (Å²) in [5.41, 5.74) is 3.35. The van der Waals surface area contributed by atoms with E-state index in [1.165, 1.54) is 0 Å². The molecule has 244 valence electrons. The molecule has 4 saturated heterocycles. The number of likely N-dealkylation sites (N-methyl/N-ethyl adjacent to an activating group) is 1. The normalized spacial score (nSPS) is 40.7. The van der Waals surface area contributed by atoms with Crippen LogP contribution in [-0.4, -0.2) is 122 Å². The van der Waals surface area contributed by atoms with E-state index in [-0.39, 0.29) is 54.4 Å². The summed E-state index contributed by atoms with van der Waals surface area (Å²) >= 11 is 0. The highest BCUT2D eigenvalue weighted by atomic mass is 16.5. The molecular weight excluding hydrogens is 550 g/mol. The molecule has 4 N–H and O–H groups in total. The van der Waals surface area contributed by atoms with E-state index in [1.54, 1.807) is 0 Å². The molecular formula is C32H55N5O6. The Labute approximate surface area is 257 Å². The molecule has 11 heteroatoms. The van der Waals surface area contributed by atoms with Crippen molar-refractivity contribution in [1.29, 1.82) is 0 Å². The van der Waals surface area contributed by atoms with Gasteiger partial charge in [0.25, 0.3) is 0 Å². The van der Waals surface area contributed by atoms with E-state index < -0.39 is 6.10 Å². The van der Waals surface area contributed by atoms with Crippen molar-refractivity contribution in [1.82, 2.24) is 26.0 Å². The molecule has 6 aliphatic rings. The van der Waals surface area contributed by atoms with Gasteiger partial charge in [-0.05, 0) is 89.5 Å². The highest BCUT2D eigenvalue weighted by Gasteiger charge is 2.46. The first-order valence-corrected chi connectivity index (χ1v) is 17.2. The average molecular weight is 606 g/mol. The Morgan fingerprint density at radius 1 is 1.00 bits per heavy atom. The summed E-state index contributed by atoms with van der Waals surface area (Å²) < 4.78 is 18.1. The summed E-state index contributed by atoms with van der Waals surface area (Å²) in [5.74, 6) is 0.919. The van der Waals surface area contributed by atoms with Gasteiger partial charge in [-0.3, -0.25) is 15.0 Å². The molecule has 0 aromatic rings. The number of fused-ring (bicyclic) bond motifs is 3. The zero-order valence-electron chi connectivity index (χ0n) is 26.3. The lowest BCUT2D eigenvalue weighted by Crippen LogP contribution is -2.55. The lowest BCUT2D eigenvalue weighted by molar-refractivity contribution is -0.152. The maximum Gasteiger partial charge on any atom is 0.226 e. The van der Waals surface area contributed by atoms with Gasteiger partial charge in [-0.1, -0.05) is 0 Å². The topological polar surface area (TPSA) is 125 Å². The Morgan fingerprint density at radius 2 is 1.81 bits per heavy atom. The smallest absolute Gasteiger partial charge is 0.226 e. The van der Waals surface area contributed by atoms with Crippen molar-refractivity contribution in [2.24, 2.45) is 23.7 Å². The summed E-state index contributed by atoms with van der Waals surface area (Å²) in [7, 11) is 2.09. The van der Waals surface area contributed by atoms with Crippen molar-refractivity contribution in [3.8, 4) is 0 Å². The van der Waals surface area contributed by atoms with Gasteiger partial charge in [-0.25, -0.2) is 5.01 Å². The van der Waals surface area contributed by atoms with Crippen molar-refractivity contribution in [2.45, 2.75) is 114 Å². The van der Waals surface area contributed by atoms with E-state index >= 15 is 0 Å². The fourth-order valence-electron chi connectivity index (χ4n) is 8.90. The number of morpholine rings is 1. The van der Waals surface area contributed by atoms with Gasteiger partial charge in [-0.15, -0.1) is 0 Å². The first-order valence-electron chi connectivity index (χ1n) is 17.2. The number of hydrogen-bond donors (Lipinski definition) is 4. The van der Waals surface area contributed by atoms with Gasteiger partial charge in [-0.2, -0.15) is 0 Å². The van der Waals surface area contributed by atoms with Crippen LogP contribution >= 0.6 is 0 Å². The molecule has 9 unspecified atom stereocenters. The summed E-state index contributed by atoms with van der Waals surface area (Å²) in [4.78, 5) is 28.9. The first-order chi connectivity index (χ1) is 20.9. The van der Waals surface area contributed by atoms with Crippen LogP contribution in [0.1, 0.15) is 71.1 Å². The molecule has 4 heterocycles. The van der Waals surface area contributed by atoms with E-state index in [9.17, 15) is 14.7 Å². The van der Waals surface area contributed by atoms with Crippen LogP contribution in [-0.2, 0) is 23.8 Å². The lowest BCUT2D eigenvalue weighted by atomic mass is 9.72. The Balaban J connectivity index is 0.936. The molecule has 6 rings (SSSR count). The molecule has 2 saturated carbocycles. The van der Waals surface area contributed by atoms with Gasteiger partial charge in [0.2, 0.25) is 11.8 Å². The number of nitrogens with zero attached hydrogens (tertiary/aromatic N) is 2. The van der Waals surface area contributed by atoms with Crippen molar-refractivity contribution in [3.05, 3.63) is 0 Å². The molecule has 11 atom stereocenters. The number of aliphatic hydroxyl groups is 1. The number of carbonyl (C=O) groups is 2. The number of rotatable bonds is 10. The summed E-state index contributed by atoms with van der Waals surface area (Å²) in [6.07, 6.45) is 8.73. The summed E-state index contributed by atoms with van der Waals surface area (Å²) in [6, 6.07) is 0.849. The molecule has 0 spiro atoms. The van der Waals surface area contributed by atoms with E-state index in [0.717, 1.165) is 64.6 Å². The standard InChI is InChI=1S/C32H55N5O6/c1-3-42-30-14-21(32(40)37-24-6-7-25(37)18-41-17-24)5-9-27(30)31(39)34-16-29(38)28-13-20-4-8-26(12-22(20)15-33-28)43-19-23-10-11-35-36(23)2/h20-30,33,35,38H,3-19H2,1-2H3,(H,34,39)/t20?,21?,22?,23?,24?,25?,26?,27?,28-,29+,30?/m0/s1. The number of amides is 2. The van der Waals surface area contributed by atoms with Crippen LogP contribution < -0.4 is 16.1 Å². The Bertz CT molecular complexity index is 941. The average Bonchev–Trinajstić information content (AvgIpc) is 3.55. The third-order valence-electron chi connectivity index (χ3n) is 11.5. The van der Waals surface area contributed by atoms with Gasteiger partial charge < -0.3 is 34.9 Å². The molecule has 43 heavy (non-hydrogen) atoms. The SMILES string of the molecule is CCOC1CC(C(=O)N2C3CCC2COC3)CCC1C(=O)NC[C@@H](O)[C@@H]1CC2CCC(OCC3CCNN3C)CC2CN1. The van der Waals surface area contributed by atoms with E-state index in [0.29, 0.717) is 63.1 Å². The van der Waals surface area contributed by atoms with Crippen molar-refractivity contribution >= 4 is 11.8 Å². The zero-order chi connectivity index (χ0) is 29.9. The van der Waals surface area contributed by atoms with Crippen LogP contribution in [0.2, 0.25) is 0 Å². The number of carbonyl (C=O) groups excluding carboxylic acids is 2. The number of hydrazine groups is 1. The second-order valence-corrected chi connectivity index (χ2v) is 14.1. The quantitative estimate of drug-likeness (QED) is 0.289. The van der Waals surface area contributed by atoms with Crippen molar-refractivity contribution in [3.63, 3.8) is 0 Å². The minimum atomic E-state index is -0.635. The molecule has 0 aromatic heterocycles. The molecule has 2 amide bonds. The molecule has 6 fully saturated rings. The van der Waals surface area contributed by atoms with Gasteiger partial charge in [0.05, 0.1) is 56.1 Å². The van der Waals surface area contributed by atoms with Crippen LogP contribution in [0.25, 0.3) is 0 Å².